The molecule has 0 saturated heterocycles. The van der Waals surface area contributed by atoms with Crippen LogP contribution in [0, 0.1) is 11.7 Å². The molecule has 166 valence electrons. The molecule has 1 amide bonds. The van der Waals surface area contributed by atoms with Gasteiger partial charge in [0.25, 0.3) is 0 Å². The molecule has 3 aromatic rings. The Morgan fingerprint density at radius 3 is 2.81 bits per heavy atom. The molecule has 1 N–H and O–H groups in total. The van der Waals surface area contributed by atoms with Crippen LogP contribution in [-0.4, -0.2) is 27.3 Å². The first-order valence-electron chi connectivity index (χ1n) is 10.6. The highest BCUT2D eigenvalue weighted by molar-refractivity contribution is 6.31. The Morgan fingerprint density at radius 2 is 2.03 bits per heavy atom. The first-order chi connectivity index (χ1) is 15.5. The van der Waals surface area contributed by atoms with Crippen LogP contribution in [0.3, 0.4) is 0 Å². The normalized spacial score (nSPS) is 17.5. The summed E-state index contributed by atoms with van der Waals surface area (Å²) in [4.78, 5) is 17.5. The summed E-state index contributed by atoms with van der Waals surface area (Å²) in [6, 6.07) is 9.69. The summed E-state index contributed by atoms with van der Waals surface area (Å²) < 4.78 is 21.4. The van der Waals surface area contributed by atoms with E-state index in [9.17, 15) is 9.18 Å². The number of amides is 1. The van der Waals surface area contributed by atoms with Crippen LogP contribution in [0.5, 0.6) is 5.75 Å². The van der Waals surface area contributed by atoms with Gasteiger partial charge in [0.1, 0.15) is 17.4 Å². The van der Waals surface area contributed by atoms with Gasteiger partial charge < -0.3 is 10.1 Å². The number of hydrogen-bond donors (Lipinski definition) is 1. The quantitative estimate of drug-likeness (QED) is 0.546. The topological polar surface area (TPSA) is 69.0 Å². The van der Waals surface area contributed by atoms with Crippen LogP contribution in [0.1, 0.15) is 36.7 Å². The number of nitrogens with zero attached hydrogens (tertiary/aromatic N) is 3. The van der Waals surface area contributed by atoms with Gasteiger partial charge in [0.05, 0.1) is 24.1 Å². The summed E-state index contributed by atoms with van der Waals surface area (Å²) in [5.41, 5.74) is 1.39. The van der Waals surface area contributed by atoms with E-state index in [0.29, 0.717) is 47.7 Å². The highest BCUT2D eigenvalue weighted by Gasteiger charge is 2.27. The molecular formula is C23H21Cl2FN4O2. The minimum Gasteiger partial charge on any atom is -0.493 e. The van der Waals surface area contributed by atoms with E-state index in [0.717, 1.165) is 24.2 Å². The number of rotatable bonds is 6. The van der Waals surface area contributed by atoms with Crippen molar-refractivity contribution in [3.8, 4) is 17.1 Å². The van der Waals surface area contributed by atoms with E-state index in [1.54, 1.807) is 16.8 Å². The van der Waals surface area contributed by atoms with Crippen molar-refractivity contribution in [3.05, 3.63) is 63.6 Å². The lowest BCUT2D eigenvalue weighted by Crippen LogP contribution is -2.33. The van der Waals surface area contributed by atoms with Crippen LogP contribution in [0.25, 0.3) is 11.4 Å². The van der Waals surface area contributed by atoms with Crippen LogP contribution in [0.2, 0.25) is 10.0 Å². The smallest absolute Gasteiger partial charge is 0.228 e. The molecule has 2 aliphatic rings. The largest absolute Gasteiger partial charge is 0.493 e. The second-order valence-electron chi connectivity index (χ2n) is 8.22. The molecule has 1 saturated carbocycles. The molecule has 1 aliphatic heterocycles. The third-order valence-corrected chi connectivity index (χ3v) is 6.26. The van der Waals surface area contributed by atoms with Crippen molar-refractivity contribution in [1.29, 1.82) is 0 Å². The maximum atomic E-state index is 13.9. The minimum absolute atomic E-state index is 0.0441. The number of carbonyl (C=O) groups excluding carboxylic acids is 1. The number of benzene rings is 2. The minimum atomic E-state index is -0.529. The fraction of sp³-hybridized carbons (Fsp3) is 0.348. The van der Waals surface area contributed by atoms with Crippen LogP contribution in [-0.2, 0) is 17.8 Å². The summed E-state index contributed by atoms with van der Waals surface area (Å²) in [7, 11) is 0. The zero-order chi connectivity index (χ0) is 22.2. The monoisotopic (exact) mass is 474 g/mol. The first kappa shape index (κ1) is 21.2. The molecule has 9 heteroatoms. The number of nitrogens with one attached hydrogen (secondary N) is 1. The van der Waals surface area contributed by atoms with E-state index < -0.39 is 5.82 Å². The third-order valence-electron chi connectivity index (χ3n) is 5.72. The predicted octanol–water partition coefficient (Wildman–Crippen LogP) is 4.98. The molecule has 0 radical (unpaired) electrons. The lowest BCUT2D eigenvalue weighted by Gasteiger charge is -2.26. The van der Waals surface area contributed by atoms with Gasteiger partial charge in [-0.3, -0.25) is 4.79 Å². The van der Waals surface area contributed by atoms with Gasteiger partial charge in [-0.2, -0.15) is 5.10 Å². The number of carbonyl (C=O) groups is 1. The molecule has 2 aromatic carbocycles. The number of ether oxygens (including phenoxy) is 1. The molecule has 5 rings (SSSR count). The maximum Gasteiger partial charge on any atom is 0.228 e. The molecule has 2 heterocycles. The van der Waals surface area contributed by atoms with E-state index in [1.807, 2.05) is 12.1 Å². The predicted molar refractivity (Wildman–Crippen MR) is 119 cm³/mol. The van der Waals surface area contributed by atoms with Gasteiger partial charge in [0, 0.05) is 29.1 Å². The van der Waals surface area contributed by atoms with Gasteiger partial charge in [0.15, 0.2) is 5.82 Å². The molecule has 1 aromatic heterocycles. The lowest BCUT2D eigenvalue weighted by molar-refractivity contribution is -0.121. The van der Waals surface area contributed by atoms with E-state index in [2.05, 4.69) is 15.4 Å². The molecule has 32 heavy (non-hydrogen) atoms. The van der Waals surface area contributed by atoms with Crippen LogP contribution < -0.4 is 10.1 Å². The second kappa shape index (κ2) is 8.71. The van der Waals surface area contributed by atoms with Crippen molar-refractivity contribution in [2.75, 3.05) is 6.61 Å². The van der Waals surface area contributed by atoms with Crippen LogP contribution >= 0.6 is 23.2 Å². The van der Waals surface area contributed by atoms with Gasteiger partial charge >= 0.3 is 0 Å². The zero-order valence-electron chi connectivity index (χ0n) is 17.2. The fourth-order valence-electron chi connectivity index (χ4n) is 3.86. The molecule has 0 bridgehead atoms. The van der Waals surface area contributed by atoms with Crippen LogP contribution in [0.15, 0.2) is 36.4 Å². The van der Waals surface area contributed by atoms with Gasteiger partial charge in [-0.25, -0.2) is 14.1 Å². The Morgan fingerprint density at radius 1 is 1.19 bits per heavy atom. The Balaban J connectivity index is 1.36. The number of hydrogen-bond acceptors (Lipinski definition) is 4. The second-order valence-corrected chi connectivity index (χ2v) is 9.07. The average Bonchev–Trinajstić information content (AvgIpc) is 3.50. The zero-order valence-corrected chi connectivity index (χ0v) is 18.7. The van der Waals surface area contributed by atoms with Crippen molar-refractivity contribution in [3.63, 3.8) is 0 Å². The summed E-state index contributed by atoms with van der Waals surface area (Å²) in [6.07, 6.45) is 3.00. The summed E-state index contributed by atoms with van der Waals surface area (Å²) in [6.45, 7) is 1.21. The van der Waals surface area contributed by atoms with Crippen LogP contribution in [0.4, 0.5) is 4.39 Å². The molecule has 6 nitrogen and oxygen atoms in total. The Bertz CT molecular complexity index is 1180. The summed E-state index contributed by atoms with van der Waals surface area (Å²) in [5, 5.41) is 8.27. The van der Waals surface area contributed by atoms with Gasteiger partial charge in [-0.15, -0.1) is 0 Å². The van der Waals surface area contributed by atoms with E-state index in [-0.39, 0.29) is 23.4 Å². The van der Waals surface area contributed by atoms with E-state index in [4.69, 9.17) is 27.9 Å². The standard InChI is InChI=1S/C23H21Cl2FN4O2/c24-15-4-6-20-16(10-15)19(7-8-32-20)27-22(31)11-21-28-23(29-30(21)12-13-1-2-13)14-3-5-17(25)18(26)9-14/h3-6,9-10,13,19H,1-2,7-8,11-12H2,(H,27,31)/t19-/m0/s1. The fourth-order valence-corrected chi connectivity index (χ4v) is 4.16. The van der Waals surface area contributed by atoms with Crippen molar-refractivity contribution >= 4 is 29.1 Å². The van der Waals surface area contributed by atoms with Crippen molar-refractivity contribution < 1.29 is 13.9 Å². The van der Waals surface area contributed by atoms with Crippen molar-refractivity contribution in [2.24, 2.45) is 5.92 Å². The third kappa shape index (κ3) is 4.59. The molecule has 1 atom stereocenters. The van der Waals surface area contributed by atoms with Crippen molar-refractivity contribution in [1.82, 2.24) is 20.1 Å². The summed E-state index contributed by atoms with van der Waals surface area (Å²) in [5.74, 6) is 1.51. The SMILES string of the molecule is O=C(Cc1nc(-c2ccc(Cl)c(F)c2)nn1CC1CC1)N[C@H]1CCOc2ccc(Cl)cc21. The number of aromatic nitrogens is 3. The first-order valence-corrected chi connectivity index (χ1v) is 11.3. The molecular weight excluding hydrogens is 454 g/mol. The highest BCUT2D eigenvalue weighted by atomic mass is 35.5. The molecule has 1 fully saturated rings. The Labute approximate surface area is 194 Å². The van der Waals surface area contributed by atoms with E-state index in [1.165, 1.54) is 12.1 Å². The molecule has 1 aliphatic carbocycles. The van der Waals surface area contributed by atoms with Gasteiger partial charge in [-0.1, -0.05) is 23.2 Å². The van der Waals surface area contributed by atoms with Gasteiger partial charge in [0.2, 0.25) is 5.91 Å². The van der Waals surface area contributed by atoms with E-state index >= 15 is 0 Å². The lowest BCUT2D eigenvalue weighted by atomic mass is 10.0. The highest BCUT2D eigenvalue weighted by Crippen LogP contribution is 2.34. The number of fused-ring (bicyclic) bond motifs is 1. The molecule has 0 spiro atoms. The maximum absolute atomic E-state index is 13.9. The number of halogens is 3. The van der Waals surface area contributed by atoms with Crippen molar-refractivity contribution in [2.45, 2.75) is 38.3 Å². The van der Waals surface area contributed by atoms with Gasteiger partial charge in [-0.05, 0) is 55.2 Å². The Hall–Kier alpha value is -2.64. The summed E-state index contributed by atoms with van der Waals surface area (Å²) >= 11 is 11.9. The molecule has 0 unspecified atom stereocenters. The Kier molecular flexibility index (Phi) is 5.78. The average molecular weight is 475 g/mol.